The highest BCUT2D eigenvalue weighted by molar-refractivity contribution is 8.01. The van der Waals surface area contributed by atoms with Crippen molar-refractivity contribution >= 4 is 40.0 Å². The number of aromatic nitrogens is 1. The predicted molar refractivity (Wildman–Crippen MR) is 106 cm³/mol. The first-order valence-corrected chi connectivity index (χ1v) is 10.7. The van der Waals surface area contributed by atoms with Gasteiger partial charge in [-0.3, -0.25) is 9.59 Å². The summed E-state index contributed by atoms with van der Waals surface area (Å²) in [5.74, 6) is 0.581. The van der Waals surface area contributed by atoms with E-state index in [4.69, 9.17) is 0 Å². The van der Waals surface area contributed by atoms with Gasteiger partial charge in [0, 0.05) is 23.1 Å². The highest BCUT2D eigenvalue weighted by atomic mass is 32.2. The number of fused-ring (bicyclic) bond motifs is 1. The number of aryl methyl sites for hydroxylation is 1. The van der Waals surface area contributed by atoms with Gasteiger partial charge in [-0.2, -0.15) is 0 Å². The molecule has 26 heavy (non-hydrogen) atoms. The van der Waals surface area contributed by atoms with E-state index in [2.05, 4.69) is 48.4 Å². The zero-order valence-electron chi connectivity index (χ0n) is 14.8. The van der Waals surface area contributed by atoms with Gasteiger partial charge < -0.3 is 10.2 Å². The van der Waals surface area contributed by atoms with Crippen LogP contribution in [0.15, 0.2) is 29.6 Å². The number of anilines is 1. The first-order valence-electron chi connectivity index (χ1n) is 8.82. The van der Waals surface area contributed by atoms with E-state index in [-0.39, 0.29) is 16.7 Å². The Labute approximate surface area is 161 Å². The van der Waals surface area contributed by atoms with Crippen LogP contribution in [0.1, 0.15) is 32.3 Å². The molecule has 2 aliphatic rings. The Morgan fingerprint density at radius 1 is 1.38 bits per heavy atom. The molecule has 1 aromatic heterocycles. The van der Waals surface area contributed by atoms with Crippen LogP contribution in [0.5, 0.6) is 0 Å². The number of nitrogens with zero attached hydrogens (tertiary/aromatic N) is 2. The summed E-state index contributed by atoms with van der Waals surface area (Å²) in [5.41, 5.74) is 3.18. The van der Waals surface area contributed by atoms with E-state index in [0.29, 0.717) is 17.3 Å². The molecule has 2 fully saturated rings. The van der Waals surface area contributed by atoms with Crippen molar-refractivity contribution in [3.63, 3.8) is 0 Å². The topological polar surface area (TPSA) is 62.3 Å². The molecule has 136 valence electrons. The first kappa shape index (κ1) is 17.5. The van der Waals surface area contributed by atoms with E-state index in [1.165, 1.54) is 16.9 Å². The van der Waals surface area contributed by atoms with Gasteiger partial charge in [-0.05, 0) is 25.3 Å². The number of thiazole rings is 1. The molecule has 2 saturated heterocycles. The van der Waals surface area contributed by atoms with Crippen LogP contribution in [0.4, 0.5) is 5.13 Å². The molecule has 2 amide bonds. The third-order valence-corrected chi connectivity index (χ3v) is 7.40. The molecule has 2 unspecified atom stereocenters. The third-order valence-electron chi connectivity index (χ3n) is 5.14. The summed E-state index contributed by atoms with van der Waals surface area (Å²) < 4.78 is 0. The highest BCUT2D eigenvalue weighted by Gasteiger charge is 2.52. The van der Waals surface area contributed by atoms with Crippen LogP contribution in [0.2, 0.25) is 0 Å². The van der Waals surface area contributed by atoms with E-state index < -0.39 is 6.04 Å². The lowest BCUT2D eigenvalue weighted by Gasteiger charge is -2.29. The number of hydrogen-bond acceptors (Lipinski definition) is 5. The Morgan fingerprint density at radius 3 is 2.88 bits per heavy atom. The van der Waals surface area contributed by atoms with Crippen molar-refractivity contribution in [1.29, 1.82) is 0 Å². The van der Waals surface area contributed by atoms with Crippen LogP contribution in [0, 0.1) is 0 Å². The summed E-state index contributed by atoms with van der Waals surface area (Å²) in [5, 5.41) is 5.44. The summed E-state index contributed by atoms with van der Waals surface area (Å²) in [6, 6.07) is 7.91. The van der Waals surface area contributed by atoms with Crippen molar-refractivity contribution in [2.24, 2.45) is 0 Å². The minimum absolute atomic E-state index is 0.0773. The number of amides is 2. The molecule has 0 spiro atoms. The third kappa shape index (κ3) is 3.03. The zero-order valence-corrected chi connectivity index (χ0v) is 16.5. The molecule has 2 aromatic rings. The maximum absolute atomic E-state index is 12.7. The van der Waals surface area contributed by atoms with Crippen LogP contribution >= 0.6 is 23.1 Å². The lowest BCUT2D eigenvalue weighted by atomic mass is 10.1. The Bertz CT molecular complexity index is 849. The molecular formula is C19H21N3O2S2. The van der Waals surface area contributed by atoms with Gasteiger partial charge in [0.25, 0.3) is 0 Å². The van der Waals surface area contributed by atoms with Crippen molar-refractivity contribution in [2.45, 2.75) is 44.0 Å². The standard InChI is InChI=1S/C19H21N3O2S2/c1-3-12-4-6-13(7-5-12)14-10-25-18(20-14)21-17(24)15-11-26-19(2)9-8-16(23)22(15)19/h4-7,10,15H,3,8-9,11H2,1-2H3,(H,20,21,24). The molecule has 0 radical (unpaired) electrons. The zero-order chi connectivity index (χ0) is 18.3. The van der Waals surface area contributed by atoms with Crippen LogP contribution in [-0.4, -0.2) is 38.4 Å². The van der Waals surface area contributed by atoms with Crippen LogP contribution in [0.3, 0.4) is 0 Å². The van der Waals surface area contributed by atoms with E-state index in [0.717, 1.165) is 24.1 Å². The van der Waals surface area contributed by atoms with Crippen LogP contribution < -0.4 is 5.32 Å². The van der Waals surface area contributed by atoms with E-state index in [1.807, 2.05) is 5.38 Å². The monoisotopic (exact) mass is 387 g/mol. The Hall–Kier alpha value is -1.86. The van der Waals surface area contributed by atoms with Gasteiger partial charge in [0.1, 0.15) is 6.04 Å². The SMILES string of the molecule is CCc1ccc(-c2csc(NC(=O)C3CSC4(C)CCC(=O)N34)n2)cc1. The molecule has 0 saturated carbocycles. The van der Waals surface area contributed by atoms with E-state index >= 15 is 0 Å². The number of benzene rings is 1. The smallest absolute Gasteiger partial charge is 0.249 e. The lowest BCUT2D eigenvalue weighted by Crippen LogP contribution is -2.48. The van der Waals surface area contributed by atoms with Gasteiger partial charge in [-0.1, -0.05) is 31.2 Å². The maximum atomic E-state index is 12.7. The number of carbonyl (C=O) groups excluding carboxylic acids is 2. The van der Waals surface area contributed by atoms with Crippen LogP contribution in [0.25, 0.3) is 11.3 Å². The second-order valence-electron chi connectivity index (χ2n) is 6.84. The fourth-order valence-corrected chi connectivity index (χ4v) is 5.73. The fourth-order valence-electron chi connectivity index (χ4n) is 3.58. The van der Waals surface area contributed by atoms with Crippen molar-refractivity contribution in [2.75, 3.05) is 11.1 Å². The number of rotatable bonds is 4. The Morgan fingerprint density at radius 2 is 2.15 bits per heavy atom. The molecular weight excluding hydrogens is 366 g/mol. The predicted octanol–water partition coefficient (Wildman–Crippen LogP) is 3.77. The van der Waals surface area contributed by atoms with Crippen molar-refractivity contribution in [1.82, 2.24) is 9.88 Å². The first-order chi connectivity index (χ1) is 12.5. The van der Waals surface area contributed by atoms with Crippen molar-refractivity contribution in [3.8, 4) is 11.3 Å². The molecule has 0 bridgehead atoms. The number of nitrogens with one attached hydrogen (secondary N) is 1. The summed E-state index contributed by atoms with van der Waals surface area (Å²) in [6.07, 6.45) is 2.35. The van der Waals surface area contributed by atoms with Gasteiger partial charge in [0.05, 0.1) is 10.6 Å². The molecule has 0 aliphatic carbocycles. The molecule has 2 atom stereocenters. The van der Waals surface area contributed by atoms with E-state index in [1.54, 1.807) is 16.7 Å². The van der Waals surface area contributed by atoms with Gasteiger partial charge in [-0.25, -0.2) is 4.98 Å². The summed E-state index contributed by atoms with van der Waals surface area (Å²) in [6.45, 7) is 4.18. The fraction of sp³-hybridized carbons (Fsp3) is 0.421. The second kappa shape index (κ2) is 6.70. The summed E-state index contributed by atoms with van der Waals surface area (Å²) in [7, 11) is 0. The quantitative estimate of drug-likeness (QED) is 0.868. The van der Waals surface area contributed by atoms with E-state index in [9.17, 15) is 9.59 Å². The molecule has 5 nitrogen and oxygen atoms in total. The molecule has 2 aliphatic heterocycles. The van der Waals surface area contributed by atoms with Gasteiger partial charge in [0.15, 0.2) is 5.13 Å². The largest absolute Gasteiger partial charge is 0.315 e. The number of carbonyl (C=O) groups is 2. The second-order valence-corrected chi connectivity index (χ2v) is 9.20. The van der Waals surface area contributed by atoms with Crippen LogP contribution in [-0.2, 0) is 16.0 Å². The van der Waals surface area contributed by atoms with Crippen molar-refractivity contribution in [3.05, 3.63) is 35.2 Å². The van der Waals surface area contributed by atoms with Crippen molar-refractivity contribution < 1.29 is 9.59 Å². The Balaban J connectivity index is 1.47. The molecule has 1 N–H and O–H groups in total. The average Bonchev–Trinajstić information content (AvgIpc) is 3.31. The molecule has 7 heteroatoms. The van der Waals surface area contributed by atoms with Gasteiger partial charge >= 0.3 is 0 Å². The number of hydrogen-bond donors (Lipinski definition) is 1. The molecule has 4 rings (SSSR count). The minimum Gasteiger partial charge on any atom is -0.315 e. The minimum atomic E-state index is -0.406. The van der Waals surface area contributed by atoms with Gasteiger partial charge in [-0.15, -0.1) is 23.1 Å². The maximum Gasteiger partial charge on any atom is 0.249 e. The molecule has 1 aromatic carbocycles. The Kier molecular flexibility index (Phi) is 4.52. The lowest BCUT2D eigenvalue weighted by molar-refractivity contribution is -0.135. The normalized spacial score (nSPS) is 24.8. The summed E-state index contributed by atoms with van der Waals surface area (Å²) >= 11 is 3.11. The summed E-state index contributed by atoms with van der Waals surface area (Å²) in [4.78, 5) is 31.0. The molecule has 3 heterocycles. The highest BCUT2D eigenvalue weighted by Crippen LogP contribution is 2.47. The van der Waals surface area contributed by atoms with Gasteiger partial charge in [0.2, 0.25) is 11.8 Å². The number of thioether (sulfide) groups is 1. The average molecular weight is 388 g/mol.